The molecule has 1 aromatic carbocycles. The molecule has 3 heteroatoms. The lowest BCUT2D eigenvalue weighted by molar-refractivity contribution is 0.403. The summed E-state index contributed by atoms with van der Waals surface area (Å²) in [5.41, 5.74) is 0.946. The van der Waals surface area contributed by atoms with Gasteiger partial charge in [-0.05, 0) is 18.1 Å². The molecule has 0 unspecified atom stereocenters. The van der Waals surface area contributed by atoms with Gasteiger partial charge in [0.2, 0.25) is 0 Å². The van der Waals surface area contributed by atoms with Crippen molar-refractivity contribution in [3.8, 4) is 17.6 Å². The highest BCUT2D eigenvalue weighted by Crippen LogP contribution is 2.24. The van der Waals surface area contributed by atoms with E-state index in [4.69, 9.17) is 15.1 Å². The maximum Gasteiger partial charge on any atom is 0.125 e. The van der Waals surface area contributed by atoms with Gasteiger partial charge in [0.15, 0.2) is 0 Å². The first kappa shape index (κ1) is 9.40. The summed E-state index contributed by atoms with van der Waals surface area (Å²) >= 11 is 0. The van der Waals surface area contributed by atoms with E-state index in [1.54, 1.807) is 25.3 Å². The molecular formula is C10H11NO2. The molecule has 0 aromatic heterocycles. The van der Waals surface area contributed by atoms with Crippen LogP contribution in [-0.4, -0.2) is 12.2 Å². The first-order valence-electron chi connectivity index (χ1n) is 4.00. The fraction of sp³-hybridized carbons (Fsp3) is 0.300. The van der Waals surface area contributed by atoms with E-state index in [2.05, 4.69) is 6.07 Å². The zero-order valence-electron chi connectivity index (χ0n) is 7.45. The smallest absolute Gasteiger partial charge is 0.125 e. The number of rotatable bonds is 3. The van der Waals surface area contributed by atoms with E-state index >= 15 is 0 Å². The second-order valence-corrected chi connectivity index (χ2v) is 2.65. The third kappa shape index (κ3) is 2.38. The van der Waals surface area contributed by atoms with Crippen LogP contribution in [-0.2, 0) is 6.42 Å². The molecule has 68 valence electrons. The maximum atomic E-state index is 9.15. The van der Waals surface area contributed by atoms with Gasteiger partial charge >= 0.3 is 0 Å². The van der Waals surface area contributed by atoms with E-state index in [-0.39, 0.29) is 5.75 Å². The average Bonchev–Trinajstić information content (AvgIpc) is 2.16. The molecule has 0 aliphatic heterocycles. The SMILES string of the molecule is COc1cc(O)ccc1CCC#N. The van der Waals surface area contributed by atoms with Gasteiger partial charge in [-0.1, -0.05) is 6.07 Å². The van der Waals surface area contributed by atoms with Crippen molar-refractivity contribution in [3.05, 3.63) is 23.8 Å². The van der Waals surface area contributed by atoms with Gasteiger partial charge in [-0.3, -0.25) is 0 Å². The van der Waals surface area contributed by atoms with Crippen molar-refractivity contribution in [1.29, 1.82) is 5.26 Å². The number of nitriles is 1. The number of aryl methyl sites for hydroxylation is 1. The van der Waals surface area contributed by atoms with Crippen molar-refractivity contribution < 1.29 is 9.84 Å². The minimum atomic E-state index is 0.178. The fourth-order valence-electron chi connectivity index (χ4n) is 1.13. The monoisotopic (exact) mass is 177 g/mol. The van der Waals surface area contributed by atoms with Crippen LogP contribution in [0.25, 0.3) is 0 Å². The number of ether oxygens (including phenoxy) is 1. The lowest BCUT2D eigenvalue weighted by Gasteiger charge is -2.06. The molecule has 1 rings (SSSR count). The van der Waals surface area contributed by atoms with Crippen LogP contribution in [0, 0.1) is 11.3 Å². The molecule has 0 atom stereocenters. The third-order valence-electron chi connectivity index (χ3n) is 1.78. The molecule has 0 aliphatic rings. The summed E-state index contributed by atoms with van der Waals surface area (Å²) in [6, 6.07) is 6.97. The molecule has 0 saturated heterocycles. The van der Waals surface area contributed by atoms with Crippen molar-refractivity contribution >= 4 is 0 Å². The predicted molar refractivity (Wildman–Crippen MR) is 48.6 cm³/mol. The summed E-state index contributed by atoms with van der Waals surface area (Å²) in [5, 5.41) is 17.6. The molecule has 0 saturated carbocycles. The molecule has 3 nitrogen and oxygen atoms in total. The summed E-state index contributed by atoms with van der Waals surface area (Å²) in [5.74, 6) is 0.813. The zero-order valence-corrected chi connectivity index (χ0v) is 7.45. The number of phenolic OH excluding ortho intramolecular Hbond substituents is 1. The van der Waals surface area contributed by atoms with Gasteiger partial charge in [0, 0.05) is 12.5 Å². The number of phenols is 1. The van der Waals surface area contributed by atoms with Crippen LogP contribution >= 0.6 is 0 Å². The summed E-state index contributed by atoms with van der Waals surface area (Å²) in [7, 11) is 1.55. The molecule has 0 spiro atoms. The summed E-state index contributed by atoms with van der Waals surface area (Å²) in [6.45, 7) is 0. The number of benzene rings is 1. The normalized spacial score (nSPS) is 9.23. The van der Waals surface area contributed by atoms with Crippen LogP contribution in [0.3, 0.4) is 0 Å². The highest BCUT2D eigenvalue weighted by molar-refractivity contribution is 5.40. The van der Waals surface area contributed by atoms with Crippen LogP contribution in [0.2, 0.25) is 0 Å². The largest absolute Gasteiger partial charge is 0.508 e. The van der Waals surface area contributed by atoms with Crippen molar-refractivity contribution in [2.75, 3.05) is 7.11 Å². The van der Waals surface area contributed by atoms with E-state index in [9.17, 15) is 0 Å². The van der Waals surface area contributed by atoms with E-state index in [1.165, 1.54) is 0 Å². The number of aromatic hydroxyl groups is 1. The van der Waals surface area contributed by atoms with Crippen LogP contribution in [0.4, 0.5) is 0 Å². The van der Waals surface area contributed by atoms with Crippen molar-refractivity contribution in [3.63, 3.8) is 0 Å². The van der Waals surface area contributed by atoms with Crippen LogP contribution in [0.5, 0.6) is 11.5 Å². The predicted octanol–water partition coefficient (Wildman–Crippen LogP) is 1.86. The Morgan fingerprint density at radius 2 is 2.31 bits per heavy atom. The Balaban J connectivity index is 2.87. The van der Waals surface area contributed by atoms with Crippen molar-refractivity contribution in [2.24, 2.45) is 0 Å². The Kier molecular flexibility index (Phi) is 3.15. The Labute approximate surface area is 77.2 Å². The van der Waals surface area contributed by atoms with Gasteiger partial charge in [-0.15, -0.1) is 0 Å². The van der Waals surface area contributed by atoms with E-state index in [0.29, 0.717) is 18.6 Å². The van der Waals surface area contributed by atoms with E-state index < -0.39 is 0 Å². The fourth-order valence-corrected chi connectivity index (χ4v) is 1.13. The standard InChI is InChI=1S/C10H11NO2/c1-13-10-7-9(12)5-4-8(10)3-2-6-11/h4-5,7,12H,2-3H2,1H3. The first-order chi connectivity index (χ1) is 6.27. The highest BCUT2D eigenvalue weighted by atomic mass is 16.5. The molecule has 0 amide bonds. The van der Waals surface area contributed by atoms with Gasteiger partial charge in [-0.2, -0.15) is 5.26 Å². The molecule has 0 fully saturated rings. The maximum absolute atomic E-state index is 9.15. The van der Waals surface area contributed by atoms with Gasteiger partial charge in [0.25, 0.3) is 0 Å². The number of hydrogen-bond donors (Lipinski definition) is 1. The molecule has 0 bridgehead atoms. The number of nitrogens with zero attached hydrogens (tertiary/aromatic N) is 1. The van der Waals surface area contributed by atoms with Crippen LogP contribution in [0.15, 0.2) is 18.2 Å². The van der Waals surface area contributed by atoms with Gasteiger partial charge < -0.3 is 9.84 Å². The van der Waals surface area contributed by atoms with Crippen molar-refractivity contribution in [2.45, 2.75) is 12.8 Å². The third-order valence-corrected chi connectivity index (χ3v) is 1.78. The lowest BCUT2D eigenvalue weighted by atomic mass is 10.1. The van der Waals surface area contributed by atoms with Gasteiger partial charge in [0.05, 0.1) is 13.2 Å². The van der Waals surface area contributed by atoms with E-state index in [0.717, 1.165) is 5.56 Å². The lowest BCUT2D eigenvalue weighted by Crippen LogP contribution is -1.91. The van der Waals surface area contributed by atoms with Gasteiger partial charge in [-0.25, -0.2) is 0 Å². The minimum Gasteiger partial charge on any atom is -0.508 e. The molecule has 1 aromatic rings. The van der Waals surface area contributed by atoms with Crippen LogP contribution in [0.1, 0.15) is 12.0 Å². The Morgan fingerprint density at radius 1 is 1.54 bits per heavy atom. The summed E-state index contributed by atoms with van der Waals surface area (Å²) < 4.78 is 5.05. The summed E-state index contributed by atoms with van der Waals surface area (Å²) in [6.07, 6.45) is 1.11. The molecule has 13 heavy (non-hydrogen) atoms. The summed E-state index contributed by atoms with van der Waals surface area (Å²) in [4.78, 5) is 0. The van der Waals surface area contributed by atoms with Gasteiger partial charge in [0.1, 0.15) is 11.5 Å². The first-order valence-corrected chi connectivity index (χ1v) is 4.00. The molecule has 0 radical (unpaired) electrons. The average molecular weight is 177 g/mol. The Hall–Kier alpha value is -1.69. The molecule has 0 aliphatic carbocycles. The Bertz CT molecular complexity index is 328. The van der Waals surface area contributed by atoms with Crippen LogP contribution < -0.4 is 4.74 Å². The second kappa shape index (κ2) is 4.36. The number of methoxy groups -OCH3 is 1. The quantitative estimate of drug-likeness (QED) is 0.766. The zero-order chi connectivity index (χ0) is 9.68. The van der Waals surface area contributed by atoms with Crippen molar-refractivity contribution in [1.82, 2.24) is 0 Å². The number of hydrogen-bond acceptors (Lipinski definition) is 3. The Morgan fingerprint density at radius 3 is 2.92 bits per heavy atom. The highest BCUT2D eigenvalue weighted by Gasteiger charge is 2.02. The molecule has 1 N–H and O–H groups in total. The second-order valence-electron chi connectivity index (χ2n) is 2.65. The molecule has 0 heterocycles. The van der Waals surface area contributed by atoms with E-state index in [1.807, 2.05) is 0 Å². The topological polar surface area (TPSA) is 53.2 Å². The minimum absolute atomic E-state index is 0.178. The molecular weight excluding hydrogens is 166 g/mol.